The highest BCUT2D eigenvalue weighted by molar-refractivity contribution is 6.02. The van der Waals surface area contributed by atoms with Crippen molar-refractivity contribution in [1.29, 1.82) is 0 Å². The number of carbonyl (C=O) groups excluding carboxylic acids is 2. The first-order valence-corrected chi connectivity index (χ1v) is 17.3. The fourth-order valence-corrected chi connectivity index (χ4v) is 6.36. The highest BCUT2D eigenvalue weighted by Gasteiger charge is 2.28. The molecule has 268 valence electrons. The highest BCUT2D eigenvalue weighted by atomic mass is 16.6. The number of fused-ring (bicyclic) bond motifs is 1. The number of hydrogen-bond donors (Lipinski definition) is 6. The maximum atomic E-state index is 13.0. The molecule has 0 saturated carbocycles. The quantitative estimate of drug-likeness (QED) is 0.0712. The molecule has 11 nitrogen and oxygen atoms in total. The van der Waals surface area contributed by atoms with Crippen molar-refractivity contribution in [1.82, 2.24) is 10.3 Å². The second kappa shape index (κ2) is 16.1. The van der Waals surface area contributed by atoms with E-state index in [4.69, 9.17) is 4.74 Å². The minimum Gasteiger partial charge on any atom is -0.506 e. The van der Waals surface area contributed by atoms with Crippen molar-refractivity contribution in [2.24, 2.45) is 0 Å². The summed E-state index contributed by atoms with van der Waals surface area (Å²) in [5.74, 6) is -0.369. The molecule has 6 rings (SSSR count). The normalized spacial score (nSPS) is 15.0. The lowest BCUT2D eigenvalue weighted by atomic mass is 10.0. The van der Waals surface area contributed by atoms with E-state index in [1.165, 1.54) is 18.2 Å². The lowest BCUT2D eigenvalue weighted by Crippen LogP contribution is -2.48. The summed E-state index contributed by atoms with van der Waals surface area (Å²) in [5, 5.41) is 30.5. The Hall–Kier alpha value is -5.75. The van der Waals surface area contributed by atoms with Gasteiger partial charge in [-0.05, 0) is 58.7 Å². The van der Waals surface area contributed by atoms with Crippen molar-refractivity contribution in [3.05, 3.63) is 130 Å². The molecule has 6 N–H and O–H groups in total. The van der Waals surface area contributed by atoms with Gasteiger partial charge in [0.15, 0.2) is 0 Å². The number of phenols is 1. The number of rotatable bonds is 11. The lowest BCUT2D eigenvalue weighted by molar-refractivity contribution is -0.896. The second-order valence-electron chi connectivity index (χ2n) is 13.7. The van der Waals surface area contributed by atoms with Gasteiger partial charge in [0.2, 0.25) is 11.5 Å². The van der Waals surface area contributed by atoms with Gasteiger partial charge in [-0.25, -0.2) is 4.79 Å². The summed E-state index contributed by atoms with van der Waals surface area (Å²) in [5.41, 5.74) is 5.23. The number of pyridine rings is 1. The van der Waals surface area contributed by atoms with Gasteiger partial charge in [0.05, 0.1) is 44.5 Å². The summed E-state index contributed by atoms with van der Waals surface area (Å²) >= 11 is 0. The van der Waals surface area contributed by atoms with Crippen LogP contribution in [0.2, 0.25) is 0 Å². The summed E-state index contributed by atoms with van der Waals surface area (Å²) in [6.07, 6.45) is 3.29. The Morgan fingerprint density at radius 3 is 2.44 bits per heavy atom. The van der Waals surface area contributed by atoms with Crippen LogP contribution in [0, 0.1) is 0 Å². The van der Waals surface area contributed by atoms with E-state index in [1.807, 2.05) is 60.7 Å². The van der Waals surface area contributed by atoms with Gasteiger partial charge in [-0.1, -0.05) is 60.7 Å². The number of carbonyl (C=O) groups is 2. The molecule has 2 heterocycles. The molecule has 11 heteroatoms. The number of ether oxygens (including phenoxy) is 1. The number of nitrogens with zero attached hydrogens (tertiary/aromatic N) is 1. The summed E-state index contributed by atoms with van der Waals surface area (Å²) < 4.78 is 6.71. The van der Waals surface area contributed by atoms with Crippen LogP contribution in [0.1, 0.15) is 35.6 Å². The van der Waals surface area contributed by atoms with Gasteiger partial charge in [0.1, 0.15) is 11.9 Å². The van der Waals surface area contributed by atoms with Crippen LogP contribution in [0.15, 0.2) is 108 Å². The van der Waals surface area contributed by atoms with E-state index in [2.05, 4.69) is 35.0 Å². The Morgan fingerprint density at radius 2 is 1.69 bits per heavy atom. The third-order valence-corrected chi connectivity index (χ3v) is 9.33. The second-order valence-corrected chi connectivity index (χ2v) is 13.7. The molecule has 52 heavy (non-hydrogen) atoms. The molecule has 0 radical (unpaired) electrons. The number of quaternary nitrogens is 1. The average Bonchev–Trinajstić information content (AvgIpc) is 3.13. The van der Waals surface area contributed by atoms with Crippen LogP contribution in [0.3, 0.4) is 0 Å². The van der Waals surface area contributed by atoms with E-state index >= 15 is 0 Å². The summed E-state index contributed by atoms with van der Waals surface area (Å²) in [6.45, 7) is 2.62. The zero-order valence-electron chi connectivity index (χ0n) is 29.3. The molecule has 5 aromatic rings. The van der Waals surface area contributed by atoms with E-state index < -0.39 is 12.2 Å². The predicted molar refractivity (Wildman–Crippen MR) is 204 cm³/mol. The first-order chi connectivity index (χ1) is 25.0. The molecule has 4 aromatic carbocycles. The van der Waals surface area contributed by atoms with Crippen LogP contribution >= 0.6 is 0 Å². The van der Waals surface area contributed by atoms with Gasteiger partial charge < -0.3 is 35.1 Å². The minimum absolute atomic E-state index is 0.0595. The number of anilines is 2. The predicted octanol–water partition coefficient (Wildman–Crippen LogP) is 6.16. The number of phenolic OH excluding ortho intramolecular Hbond substituents is 1. The number of aromatic amines is 1. The van der Waals surface area contributed by atoms with Crippen molar-refractivity contribution in [3.63, 3.8) is 0 Å². The monoisotopic (exact) mass is 702 g/mol. The maximum Gasteiger partial charge on any atom is 0.411 e. The number of nitrogens with one attached hydrogen (secondary N) is 4. The third-order valence-electron chi connectivity index (χ3n) is 9.33. The molecule has 1 atom stereocenters. The number of amides is 2. The molecule has 0 spiro atoms. The SMILES string of the molecule is C[N+]1(C)CCC(OC(=O)Nc2cc(/C=C/C(=O)Nc3ccc(CNC[C@@H](O)c4ccc(O)c5[nH]c(=O)ccc45)cc3)ccc2-c2ccccc2)CC1. The van der Waals surface area contributed by atoms with Crippen molar-refractivity contribution in [3.8, 4) is 16.9 Å². The third kappa shape index (κ3) is 9.32. The lowest BCUT2D eigenvalue weighted by Gasteiger charge is -2.36. The van der Waals surface area contributed by atoms with Gasteiger partial charge >= 0.3 is 6.09 Å². The molecule has 1 aliphatic heterocycles. The van der Waals surface area contributed by atoms with Gasteiger partial charge in [0, 0.05) is 54.7 Å². The topological polar surface area (TPSA) is 153 Å². The van der Waals surface area contributed by atoms with Crippen LogP contribution < -0.4 is 21.5 Å². The Labute approximate surface area is 302 Å². The number of aromatic nitrogens is 1. The molecule has 1 aliphatic rings. The smallest absolute Gasteiger partial charge is 0.411 e. The van der Waals surface area contributed by atoms with Crippen LogP contribution in [-0.2, 0) is 16.1 Å². The number of aromatic hydroxyl groups is 1. The van der Waals surface area contributed by atoms with Gasteiger partial charge in [0.25, 0.3) is 0 Å². The molecule has 2 amide bonds. The van der Waals surface area contributed by atoms with Gasteiger partial charge in [-0.3, -0.25) is 14.9 Å². The zero-order chi connectivity index (χ0) is 36.7. The van der Waals surface area contributed by atoms with E-state index in [0.29, 0.717) is 28.9 Å². The Bertz CT molecular complexity index is 2120. The van der Waals surface area contributed by atoms with E-state index in [9.17, 15) is 24.6 Å². The number of H-pyrrole nitrogens is 1. The molecule has 0 unspecified atom stereocenters. The van der Waals surface area contributed by atoms with Crippen molar-refractivity contribution in [2.75, 3.05) is 44.4 Å². The summed E-state index contributed by atoms with van der Waals surface area (Å²) in [6, 6.07) is 28.8. The van der Waals surface area contributed by atoms with Crippen LogP contribution in [0.4, 0.5) is 16.2 Å². The van der Waals surface area contributed by atoms with Crippen LogP contribution in [0.25, 0.3) is 28.1 Å². The fraction of sp³-hybridized carbons (Fsp3) is 0.244. The number of hydrogen-bond acceptors (Lipinski definition) is 7. The fourth-order valence-electron chi connectivity index (χ4n) is 6.36. The zero-order valence-corrected chi connectivity index (χ0v) is 29.3. The van der Waals surface area contributed by atoms with Crippen molar-refractivity contribution < 1.29 is 29.0 Å². The molecular formula is C41H44N5O6+. The number of piperidine rings is 1. The van der Waals surface area contributed by atoms with Crippen LogP contribution in [-0.4, -0.2) is 71.5 Å². The molecule has 1 saturated heterocycles. The molecule has 0 bridgehead atoms. The number of benzene rings is 4. The Kier molecular flexibility index (Phi) is 11.1. The maximum absolute atomic E-state index is 13.0. The molecular weight excluding hydrogens is 658 g/mol. The Morgan fingerprint density at radius 1 is 0.942 bits per heavy atom. The average molecular weight is 703 g/mol. The van der Waals surface area contributed by atoms with E-state index in [1.54, 1.807) is 30.3 Å². The van der Waals surface area contributed by atoms with E-state index in [-0.39, 0.29) is 35.4 Å². The molecule has 1 fully saturated rings. The standard InChI is InChI=1S/C41H43N5O6/c1-46(2)22-20-31(21-23-46)52-41(51)44-35-24-27(10-14-32(35)29-6-4-3-5-7-29)11-18-38(49)43-30-12-8-28(9-13-30)25-42-26-37(48)33-15-17-36(47)40-34(33)16-19-39(50)45-40/h3-19,24,31,37,42,48H,20-23,25-26H2,1-2H3,(H3-,43,44,45,47,49,50,51)/p+1/b18-11+/t37-/m1/s1. The number of aliphatic hydroxyl groups is 1. The molecule has 0 aliphatic carbocycles. The van der Waals surface area contributed by atoms with Crippen molar-refractivity contribution >= 4 is 40.4 Å². The molecule has 1 aromatic heterocycles. The largest absolute Gasteiger partial charge is 0.506 e. The van der Waals surface area contributed by atoms with Gasteiger partial charge in [-0.15, -0.1) is 0 Å². The number of likely N-dealkylation sites (tertiary alicyclic amines) is 1. The van der Waals surface area contributed by atoms with Gasteiger partial charge in [-0.2, -0.15) is 0 Å². The first kappa shape index (κ1) is 36.1. The number of aliphatic hydroxyl groups excluding tert-OH is 1. The Balaban J connectivity index is 1.04. The first-order valence-electron chi connectivity index (χ1n) is 17.3. The van der Waals surface area contributed by atoms with Crippen molar-refractivity contribution in [2.45, 2.75) is 31.6 Å². The van der Waals surface area contributed by atoms with Crippen LogP contribution in [0.5, 0.6) is 5.75 Å². The summed E-state index contributed by atoms with van der Waals surface area (Å²) in [4.78, 5) is 40.1. The van der Waals surface area contributed by atoms with E-state index in [0.717, 1.165) is 52.7 Å². The highest BCUT2D eigenvalue weighted by Crippen LogP contribution is 2.31. The minimum atomic E-state index is -0.872. The summed E-state index contributed by atoms with van der Waals surface area (Å²) in [7, 11) is 4.37.